The molecule has 0 saturated heterocycles. The van der Waals surface area contributed by atoms with Gasteiger partial charge in [-0.05, 0) is 19.8 Å². The first kappa shape index (κ1) is 14.4. The van der Waals surface area contributed by atoms with Gasteiger partial charge in [0.1, 0.15) is 16.4 Å². The molecule has 2 N–H and O–H groups in total. The fourth-order valence-electron chi connectivity index (χ4n) is 1.66. The van der Waals surface area contributed by atoms with E-state index < -0.39 is 23.0 Å². The fourth-order valence-corrected chi connectivity index (χ4v) is 2.87. The minimum absolute atomic E-state index is 0.0826. The van der Waals surface area contributed by atoms with Crippen molar-refractivity contribution in [3.63, 3.8) is 0 Å². The van der Waals surface area contributed by atoms with Gasteiger partial charge in [0.25, 0.3) is 6.43 Å². The van der Waals surface area contributed by atoms with Gasteiger partial charge in [-0.3, -0.25) is 0 Å². The second-order valence-electron chi connectivity index (χ2n) is 4.53. The molecule has 108 valence electrons. The van der Waals surface area contributed by atoms with Gasteiger partial charge in [-0.25, -0.2) is 21.9 Å². The lowest BCUT2D eigenvalue weighted by Crippen LogP contribution is -2.28. The zero-order valence-electron chi connectivity index (χ0n) is 10.4. The standard InChI is InChI=1S/C11H16F2N2O3S/c1-7-10(19(16,17)15-6-11(12)13)4-9(18-7)5-14-8-2-3-8/h4,8,11,14-15H,2-3,5-6H2,1H3. The van der Waals surface area contributed by atoms with E-state index in [1.807, 2.05) is 4.72 Å². The molecular weight excluding hydrogens is 278 g/mol. The molecule has 0 aliphatic heterocycles. The third kappa shape index (κ3) is 3.99. The van der Waals surface area contributed by atoms with E-state index in [0.717, 1.165) is 12.8 Å². The number of halogens is 2. The summed E-state index contributed by atoms with van der Waals surface area (Å²) in [5.74, 6) is 0.691. The number of aryl methyl sites for hydroxylation is 1. The Morgan fingerprint density at radius 1 is 1.47 bits per heavy atom. The lowest BCUT2D eigenvalue weighted by molar-refractivity contribution is 0.153. The summed E-state index contributed by atoms with van der Waals surface area (Å²) in [6.07, 6.45) is -0.500. The summed E-state index contributed by atoms with van der Waals surface area (Å²) in [5, 5.41) is 3.19. The maximum absolute atomic E-state index is 12.0. The summed E-state index contributed by atoms with van der Waals surface area (Å²) in [6, 6.07) is 1.85. The van der Waals surface area contributed by atoms with Gasteiger partial charge in [-0.1, -0.05) is 0 Å². The van der Waals surface area contributed by atoms with Gasteiger partial charge in [0.05, 0.1) is 13.1 Å². The van der Waals surface area contributed by atoms with Crippen molar-refractivity contribution in [2.75, 3.05) is 6.54 Å². The maximum Gasteiger partial charge on any atom is 0.251 e. The highest BCUT2D eigenvalue weighted by molar-refractivity contribution is 7.89. The Balaban J connectivity index is 2.05. The van der Waals surface area contributed by atoms with Crippen molar-refractivity contribution in [1.82, 2.24) is 10.0 Å². The van der Waals surface area contributed by atoms with Gasteiger partial charge in [0, 0.05) is 12.1 Å². The molecule has 2 rings (SSSR count). The van der Waals surface area contributed by atoms with Gasteiger partial charge >= 0.3 is 0 Å². The summed E-state index contributed by atoms with van der Waals surface area (Å²) in [7, 11) is -3.94. The molecule has 5 nitrogen and oxygen atoms in total. The zero-order valence-corrected chi connectivity index (χ0v) is 11.3. The third-order valence-electron chi connectivity index (χ3n) is 2.78. The number of rotatable bonds is 7. The quantitative estimate of drug-likeness (QED) is 0.797. The van der Waals surface area contributed by atoms with Crippen molar-refractivity contribution >= 4 is 10.0 Å². The Bertz CT molecular complexity index is 538. The summed E-state index contributed by atoms with van der Waals surface area (Å²) in [5.41, 5.74) is 0. The average molecular weight is 294 g/mol. The van der Waals surface area contributed by atoms with Crippen LogP contribution < -0.4 is 10.0 Å². The first-order valence-electron chi connectivity index (χ1n) is 5.99. The first-order chi connectivity index (χ1) is 8.88. The molecule has 0 radical (unpaired) electrons. The SMILES string of the molecule is Cc1oc(CNC2CC2)cc1S(=O)(=O)NCC(F)F. The Morgan fingerprint density at radius 3 is 2.74 bits per heavy atom. The lowest BCUT2D eigenvalue weighted by atomic mass is 10.4. The molecule has 0 spiro atoms. The molecule has 0 aromatic carbocycles. The van der Waals surface area contributed by atoms with E-state index in [0.29, 0.717) is 18.3 Å². The number of furan rings is 1. The maximum atomic E-state index is 12.0. The van der Waals surface area contributed by atoms with Gasteiger partial charge < -0.3 is 9.73 Å². The van der Waals surface area contributed by atoms with Crippen LogP contribution in [0.15, 0.2) is 15.4 Å². The molecule has 1 heterocycles. The number of alkyl halides is 2. The van der Waals surface area contributed by atoms with Gasteiger partial charge in [-0.15, -0.1) is 0 Å². The highest BCUT2D eigenvalue weighted by Gasteiger charge is 2.24. The predicted molar refractivity (Wildman–Crippen MR) is 64.5 cm³/mol. The molecule has 0 atom stereocenters. The topological polar surface area (TPSA) is 71.3 Å². The molecule has 8 heteroatoms. The largest absolute Gasteiger partial charge is 0.464 e. The highest BCUT2D eigenvalue weighted by Crippen LogP contribution is 2.22. The van der Waals surface area contributed by atoms with E-state index in [-0.39, 0.29) is 10.7 Å². The molecule has 19 heavy (non-hydrogen) atoms. The number of nitrogens with one attached hydrogen (secondary N) is 2. The van der Waals surface area contributed by atoms with E-state index in [1.54, 1.807) is 0 Å². The van der Waals surface area contributed by atoms with Crippen LogP contribution in [0, 0.1) is 6.92 Å². The Morgan fingerprint density at radius 2 is 2.16 bits per heavy atom. The minimum atomic E-state index is -3.94. The average Bonchev–Trinajstić information content (AvgIpc) is 3.07. The second-order valence-corrected chi connectivity index (χ2v) is 6.27. The Hall–Kier alpha value is -0.990. The summed E-state index contributed by atoms with van der Waals surface area (Å²) >= 11 is 0. The first-order valence-corrected chi connectivity index (χ1v) is 7.47. The number of hydrogen-bond donors (Lipinski definition) is 2. The van der Waals surface area contributed by atoms with Crippen LogP contribution in [0.25, 0.3) is 0 Å². The van der Waals surface area contributed by atoms with Crippen LogP contribution in [0.1, 0.15) is 24.4 Å². The van der Waals surface area contributed by atoms with Crippen LogP contribution in [0.5, 0.6) is 0 Å². The van der Waals surface area contributed by atoms with Gasteiger partial charge in [0.2, 0.25) is 10.0 Å². The molecule has 1 aromatic rings. The Labute approximate surface area is 110 Å². The Kier molecular flexibility index (Phi) is 4.22. The summed E-state index contributed by atoms with van der Waals surface area (Å²) < 4.78 is 54.8. The normalized spacial score (nSPS) is 16.2. The van der Waals surface area contributed by atoms with Crippen molar-refractivity contribution in [2.24, 2.45) is 0 Å². The van der Waals surface area contributed by atoms with E-state index in [1.165, 1.54) is 13.0 Å². The number of hydrogen-bond acceptors (Lipinski definition) is 4. The molecule has 1 aliphatic rings. The van der Waals surface area contributed by atoms with E-state index in [2.05, 4.69) is 5.32 Å². The summed E-state index contributed by atoms with van der Waals surface area (Å²) in [4.78, 5) is -0.0826. The smallest absolute Gasteiger partial charge is 0.251 e. The van der Waals surface area contributed by atoms with Gasteiger partial charge in [0.15, 0.2) is 0 Å². The fraction of sp³-hybridized carbons (Fsp3) is 0.636. The molecule has 1 fully saturated rings. The molecule has 0 amide bonds. The van der Waals surface area contributed by atoms with Crippen LogP contribution >= 0.6 is 0 Å². The monoisotopic (exact) mass is 294 g/mol. The van der Waals surface area contributed by atoms with Crippen LogP contribution in [0.2, 0.25) is 0 Å². The van der Waals surface area contributed by atoms with Crippen molar-refractivity contribution < 1.29 is 21.6 Å². The van der Waals surface area contributed by atoms with Crippen LogP contribution in [0.3, 0.4) is 0 Å². The molecule has 0 bridgehead atoms. The van der Waals surface area contributed by atoms with Gasteiger partial charge in [-0.2, -0.15) is 0 Å². The predicted octanol–water partition coefficient (Wildman–Crippen LogP) is 1.38. The second kappa shape index (κ2) is 5.56. The number of sulfonamides is 1. The molecule has 1 saturated carbocycles. The summed E-state index contributed by atoms with van der Waals surface area (Å²) in [6.45, 7) is 1.04. The van der Waals surface area contributed by atoms with Crippen LogP contribution in [-0.4, -0.2) is 27.4 Å². The van der Waals surface area contributed by atoms with Crippen molar-refractivity contribution in [1.29, 1.82) is 0 Å². The van der Waals surface area contributed by atoms with E-state index >= 15 is 0 Å². The highest BCUT2D eigenvalue weighted by atomic mass is 32.2. The molecule has 0 unspecified atom stereocenters. The third-order valence-corrected chi connectivity index (χ3v) is 4.31. The molecule has 1 aromatic heterocycles. The van der Waals surface area contributed by atoms with Crippen LogP contribution in [-0.2, 0) is 16.6 Å². The van der Waals surface area contributed by atoms with E-state index in [4.69, 9.17) is 4.42 Å². The van der Waals surface area contributed by atoms with Crippen molar-refractivity contribution in [2.45, 2.75) is 43.7 Å². The van der Waals surface area contributed by atoms with E-state index in [9.17, 15) is 17.2 Å². The minimum Gasteiger partial charge on any atom is -0.464 e. The van der Waals surface area contributed by atoms with Crippen molar-refractivity contribution in [3.05, 3.63) is 17.6 Å². The molecular formula is C11H16F2N2O3S. The zero-order chi connectivity index (χ0) is 14.0. The van der Waals surface area contributed by atoms with Crippen molar-refractivity contribution in [3.8, 4) is 0 Å². The van der Waals surface area contributed by atoms with Crippen LogP contribution in [0.4, 0.5) is 8.78 Å². The lowest BCUT2D eigenvalue weighted by Gasteiger charge is -2.04. The molecule has 1 aliphatic carbocycles.